The summed E-state index contributed by atoms with van der Waals surface area (Å²) in [6.45, 7) is 0.418. The molecule has 0 saturated carbocycles. The van der Waals surface area contributed by atoms with Crippen LogP contribution >= 0.6 is 15.9 Å². The highest BCUT2D eigenvalue weighted by Crippen LogP contribution is 2.35. The van der Waals surface area contributed by atoms with Gasteiger partial charge in [0.15, 0.2) is 0 Å². The second-order valence-corrected chi connectivity index (χ2v) is 9.72. The fourth-order valence-corrected chi connectivity index (χ4v) is 4.70. The smallest absolute Gasteiger partial charge is 0.236 e. The Kier molecular flexibility index (Phi) is 5.93. The van der Waals surface area contributed by atoms with Crippen molar-refractivity contribution < 1.29 is 17.2 Å². The van der Waals surface area contributed by atoms with E-state index in [0.717, 1.165) is 10.0 Å². The maximum absolute atomic E-state index is 13.4. The van der Waals surface area contributed by atoms with Crippen LogP contribution in [0.2, 0.25) is 0 Å². The third kappa shape index (κ3) is 4.55. The van der Waals surface area contributed by atoms with Gasteiger partial charge >= 0.3 is 0 Å². The van der Waals surface area contributed by atoms with E-state index in [0.29, 0.717) is 12.1 Å². The highest BCUT2D eigenvalue weighted by Gasteiger charge is 2.30. The molecule has 4 rings (SSSR count). The van der Waals surface area contributed by atoms with Gasteiger partial charge in [0.25, 0.3) is 0 Å². The number of hydrogen-bond donors (Lipinski definition) is 0. The van der Waals surface area contributed by atoms with Crippen molar-refractivity contribution in [2.45, 2.75) is 16.5 Å². The maximum Gasteiger partial charge on any atom is 0.236 e. The first-order valence-electron chi connectivity index (χ1n) is 9.37. The lowest BCUT2D eigenvalue weighted by Gasteiger charge is -2.17. The predicted molar refractivity (Wildman–Crippen MR) is 120 cm³/mol. The summed E-state index contributed by atoms with van der Waals surface area (Å²) >= 11 is 3.32. The highest BCUT2D eigenvalue weighted by atomic mass is 79.9. The monoisotopic (exact) mass is 500 g/mol. The Morgan fingerprint density at radius 2 is 1.61 bits per heavy atom. The number of halogens is 2. The van der Waals surface area contributed by atoms with E-state index in [1.165, 1.54) is 36.4 Å². The molecule has 0 atom stereocenters. The first-order chi connectivity index (χ1) is 14.8. The van der Waals surface area contributed by atoms with Gasteiger partial charge in [-0.25, -0.2) is 12.8 Å². The van der Waals surface area contributed by atoms with Crippen LogP contribution in [0.25, 0.3) is 11.5 Å². The van der Waals surface area contributed by atoms with Crippen LogP contribution < -0.4 is 4.90 Å². The second-order valence-electron chi connectivity index (χ2n) is 6.94. The lowest BCUT2D eigenvalue weighted by molar-refractivity contribution is 0.553. The number of anilines is 1. The van der Waals surface area contributed by atoms with E-state index in [9.17, 15) is 12.8 Å². The Balaban J connectivity index is 1.81. The van der Waals surface area contributed by atoms with E-state index in [4.69, 9.17) is 4.42 Å². The summed E-state index contributed by atoms with van der Waals surface area (Å²) < 4.78 is 46.8. The number of hydrogen-bond acceptors (Lipinski definition) is 5. The third-order valence-corrected chi connectivity index (χ3v) is 6.85. The Hall–Kier alpha value is -2.97. The van der Waals surface area contributed by atoms with Gasteiger partial charge in [-0.2, -0.15) is 4.98 Å². The Morgan fingerprint density at radius 3 is 2.26 bits per heavy atom. The number of rotatable bonds is 6. The van der Waals surface area contributed by atoms with Crippen LogP contribution in [0.3, 0.4) is 0 Å². The molecule has 0 amide bonds. The Morgan fingerprint density at radius 1 is 0.968 bits per heavy atom. The van der Waals surface area contributed by atoms with Crippen molar-refractivity contribution in [3.8, 4) is 11.5 Å². The molecule has 0 spiro atoms. The van der Waals surface area contributed by atoms with Crippen LogP contribution in [-0.4, -0.2) is 20.4 Å². The molecule has 3 aromatic carbocycles. The summed E-state index contributed by atoms with van der Waals surface area (Å²) in [5.41, 5.74) is 1.46. The molecule has 5 nitrogen and oxygen atoms in total. The molecule has 4 aromatic rings. The molecule has 0 fully saturated rings. The average molecular weight is 501 g/mol. The zero-order valence-corrected chi connectivity index (χ0v) is 18.9. The molecule has 1 heterocycles. The van der Waals surface area contributed by atoms with E-state index in [2.05, 4.69) is 20.9 Å². The van der Waals surface area contributed by atoms with Crippen molar-refractivity contribution in [3.63, 3.8) is 0 Å². The number of nitrogens with zero attached hydrogens (tertiary/aromatic N) is 2. The molecule has 0 saturated heterocycles. The molecule has 0 N–H and O–H groups in total. The molecule has 8 heteroatoms. The zero-order chi connectivity index (χ0) is 22.0. The second kappa shape index (κ2) is 8.64. The van der Waals surface area contributed by atoms with Crippen LogP contribution in [0.1, 0.15) is 5.56 Å². The van der Waals surface area contributed by atoms with Gasteiger partial charge in [-0.05, 0) is 54.1 Å². The van der Waals surface area contributed by atoms with Crippen molar-refractivity contribution in [3.05, 3.63) is 94.7 Å². The van der Waals surface area contributed by atoms with Gasteiger partial charge in [0.1, 0.15) is 5.82 Å². The Bertz CT molecular complexity index is 1290. The fourth-order valence-electron chi connectivity index (χ4n) is 3.08. The van der Waals surface area contributed by atoms with Crippen LogP contribution in [0.5, 0.6) is 0 Å². The van der Waals surface area contributed by atoms with Crippen molar-refractivity contribution in [1.29, 1.82) is 0 Å². The summed E-state index contributed by atoms with van der Waals surface area (Å²) in [7, 11) is -2.22. The van der Waals surface area contributed by atoms with Crippen LogP contribution in [-0.2, 0) is 16.4 Å². The molecule has 1 aromatic heterocycles. The van der Waals surface area contributed by atoms with E-state index in [-0.39, 0.29) is 21.7 Å². The Labute approximate surface area is 188 Å². The number of aromatic nitrogens is 1. The minimum atomic E-state index is -3.96. The molecule has 0 bridgehead atoms. The summed E-state index contributed by atoms with van der Waals surface area (Å²) in [6.07, 6.45) is 0. The van der Waals surface area contributed by atoms with Crippen LogP contribution in [0, 0.1) is 5.82 Å². The SMILES string of the molecule is CN(Cc1ccccc1)c1oc(-c2ccc(F)cc2)nc1S(=O)(=O)c1ccc(Br)cc1. The number of benzene rings is 3. The normalized spacial score (nSPS) is 11.5. The number of sulfone groups is 1. The van der Waals surface area contributed by atoms with Gasteiger partial charge in [0.05, 0.1) is 4.90 Å². The summed E-state index contributed by atoms with van der Waals surface area (Å²) in [5, 5.41) is -0.187. The molecule has 0 radical (unpaired) electrons. The summed E-state index contributed by atoms with van der Waals surface area (Å²) in [6, 6.07) is 21.5. The molecule has 158 valence electrons. The minimum absolute atomic E-state index is 0.101. The third-order valence-electron chi connectivity index (χ3n) is 4.66. The van der Waals surface area contributed by atoms with E-state index in [1.54, 1.807) is 24.1 Å². The lowest BCUT2D eigenvalue weighted by Crippen LogP contribution is -2.18. The molecule has 0 aliphatic rings. The fraction of sp³-hybridized carbons (Fsp3) is 0.0870. The first-order valence-corrected chi connectivity index (χ1v) is 11.6. The highest BCUT2D eigenvalue weighted by molar-refractivity contribution is 9.10. The van der Waals surface area contributed by atoms with Crippen molar-refractivity contribution in [2.75, 3.05) is 11.9 Å². The average Bonchev–Trinajstić information content (AvgIpc) is 3.22. The predicted octanol–water partition coefficient (Wildman–Crippen LogP) is 5.71. The molecule has 0 unspecified atom stereocenters. The van der Waals surface area contributed by atoms with Gasteiger partial charge in [-0.3, -0.25) is 0 Å². The van der Waals surface area contributed by atoms with Gasteiger partial charge in [0.2, 0.25) is 26.6 Å². The van der Waals surface area contributed by atoms with Crippen LogP contribution in [0.4, 0.5) is 10.3 Å². The molecule has 31 heavy (non-hydrogen) atoms. The quantitative estimate of drug-likeness (QED) is 0.339. The van der Waals surface area contributed by atoms with E-state index >= 15 is 0 Å². The van der Waals surface area contributed by atoms with Gasteiger partial charge in [-0.15, -0.1) is 0 Å². The molecule has 0 aliphatic carbocycles. The minimum Gasteiger partial charge on any atom is -0.419 e. The molecular weight excluding hydrogens is 483 g/mol. The van der Waals surface area contributed by atoms with Crippen LogP contribution in [0.15, 0.2) is 97.7 Å². The first kappa shape index (κ1) is 21.3. The standard InChI is InChI=1S/C23H18BrFN2O3S/c1-27(15-16-5-3-2-4-6-16)23-22(31(28,29)20-13-9-18(24)10-14-20)26-21(30-23)17-7-11-19(25)12-8-17/h2-14H,15H2,1H3. The molecule has 0 aliphatic heterocycles. The van der Waals surface area contributed by atoms with E-state index < -0.39 is 15.7 Å². The van der Waals surface area contributed by atoms with Gasteiger partial charge in [0, 0.05) is 23.6 Å². The largest absolute Gasteiger partial charge is 0.419 e. The lowest BCUT2D eigenvalue weighted by atomic mass is 10.2. The van der Waals surface area contributed by atoms with Crippen molar-refractivity contribution >= 4 is 31.7 Å². The van der Waals surface area contributed by atoms with E-state index in [1.807, 2.05) is 30.3 Å². The maximum atomic E-state index is 13.4. The molecular formula is C23H18BrFN2O3S. The topological polar surface area (TPSA) is 63.4 Å². The van der Waals surface area contributed by atoms with Gasteiger partial charge < -0.3 is 9.32 Å². The van der Waals surface area contributed by atoms with Crippen molar-refractivity contribution in [2.24, 2.45) is 0 Å². The summed E-state index contributed by atoms with van der Waals surface area (Å²) in [4.78, 5) is 6.11. The number of oxazole rings is 1. The summed E-state index contributed by atoms with van der Waals surface area (Å²) in [5.74, 6) is -0.184. The zero-order valence-electron chi connectivity index (χ0n) is 16.5. The van der Waals surface area contributed by atoms with Gasteiger partial charge in [-0.1, -0.05) is 46.3 Å². The van der Waals surface area contributed by atoms with Crippen molar-refractivity contribution in [1.82, 2.24) is 4.98 Å².